The molecule has 132 valence electrons. The van der Waals surface area contributed by atoms with Crippen LogP contribution in [0.25, 0.3) is 5.69 Å². The van der Waals surface area contributed by atoms with Gasteiger partial charge >= 0.3 is 5.97 Å². The van der Waals surface area contributed by atoms with Gasteiger partial charge in [-0.3, -0.25) is 10.1 Å². The highest BCUT2D eigenvalue weighted by Gasteiger charge is 2.21. The predicted molar refractivity (Wildman–Crippen MR) is 95.3 cm³/mol. The van der Waals surface area contributed by atoms with Gasteiger partial charge in [-0.1, -0.05) is 18.2 Å². The second-order valence-electron chi connectivity index (χ2n) is 5.46. The Labute approximate surface area is 149 Å². The number of rotatable bonds is 6. The summed E-state index contributed by atoms with van der Waals surface area (Å²) in [4.78, 5) is 22.2. The van der Waals surface area contributed by atoms with Crippen LogP contribution in [0, 0.1) is 10.1 Å². The Morgan fingerprint density at radius 1 is 1.27 bits per heavy atom. The molecule has 3 aromatic rings. The summed E-state index contributed by atoms with van der Waals surface area (Å²) in [5, 5.41) is 18.5. The molecule has 0 spiro atoms. The number of aromatic nitrogens is 2. The number of nitrogens with zero attached hydrogens (tertiary/aromatic N) is 3. The fourth-order valence-electron chi connectivity index (χ4n) is 2.46. The zero-order valence-electron chi connectivity index (χ0n) is 14.0. The topological polar surface area (TPSA) is 99.3 Å². The van der Waals surface area contributed by atoms with Crippen LogP contribution in [0.3, 0.4) is 0 Å². The lowest BCUT2D eigenvalue weighted by Gasteiger charge is -2.07. The first-order valence-corrected chi connectivity index (χ1v) is 7.78. The van der Waals surface area contributed by atoms with E-state index in [0.29, 0.717) is 12.2 Å². The number of nitro benzene ring substituents is 1. The number of ether oxygens (including phenoxy) is 1. The van der Waals surface area contributed by atoms with Crippen molar-refractivity contribution < 1.29 is 14.5 Å². The maximum absolute atomic E-state index is 11.8. The molecule has 8 heteroatoms. The average Bonchev–Trinajstić information content (AvgIpc) is 3.15. The van der Waals surface area contributed by atoms with Crippen LogP contribution in [0.1, 0.15) is 15.9 Å². The highest BCUT2D eigenvalue weighted by atomic mass is 16.6. The molecule has 2 aromatic carbocycles. The molecule has 0 saturated carbocycles. The summed E-state index contributed by atoms with van der Waals surface area (Å²) in [6.07, 6.45) is 3.61. The van der Waals surface area contributed by atoms with Crippen LogP contribution in [0.4, 0.5) is 11.4 Å². The van der Waals surface area contributed by atoms with Gasteiger partial charge in [0.1, 0.15) is 5.56 Å². The molecule has 1 N–H and O–H groups in total. The quantitative estimate of drug-likeness (QED) is 0.415. The monoisotopic (exact) mass is 352 g/mol. The number of hydrogen-bond donors (Lipinski definition) is 1. The van der Waals surface area contributed by atoms with Crippen LogP contribution >= 0.6 is 0 Å². The number of methoxy groups -OCH3 is 1. The van der Waals surface area contributed by atoms with E-state index in [0.717, 1.165) is 11.3 Å². The van der Waals surface area contributed by atoms with Gasteiger partial charge in [0.2, 0.25) is 0 Å². The number of carbonyl (C=O) groups excluding carboxylic acids is 1. The molecule has 0 aliphatic heterocycles. The SMILES string of the molecule is COC(=O)c1cc(NCc2cnn(-c3ccccc3)c2)ccc1[N+](=O)[O-]. The van der Waals surface area contributed by atoms with Crippen LogP contribution in [0.5, 0.6) is 0 Å². The van der Waals surface area contributed by atoms with Crippen LogP contribution in [0.15, 0.2) is 60.9 Å². The van der Waals surface area contributed by atoms with E-state index in [4.69, 9.17) is 0 Å². The smallest absolute Gasteiger partial charge is 0.344 e. The van der Waals surface area contributed by atoms with Gasteiger partial charge in [0.25, 0.3) is 5.69 Å². The fourth-order valence-corrected chi connectivity index (χ4v) is 2.46. The first-order valence-electron chi connectivity index (χ1n) is 7.78. The van der Waals surface area contributed by atoms with Crippen molar-refractivity contribution in [2.75, 3.05) is 12.4 Å². The molecule has 0 amide bonds. The number of hydrogen-bond acceptors (Lipinski definition) is 6. The van der Waals surface area contributed by atoms with Crippen molar-refractivity contribution in [2.45, 2.75) is 6.54 Å². The Kier molecular flexibility index (Phi) is 4.93. The third-order valence-corrected chi connectivity index (χ3v) is 3.75. The zero-order valence-corrected chi connectivity index (χ0v) is 14.0. The van der Waals surface area contributed by atoms with Gasteiger partial charge in [-0.25, -0.2) is 9.48 Å². The minimum atomic E-state index is -0.753. The van der Waals surface area contributed by atoms with Crippen molar-refractivity contribution in [2.24, 2.45) is 0 Å². The van der Waals surface area contributed by atoms with E-state index in [2.05, 4.69) is 15.2 Å². The van der Waals surface area contributed by atoms with Crippen molar-refractivity contribution in [3.8, 4) is 5.69 Å². The molecule has 0 atom stereocenters. The van der Waals surface area contributed by atoms with Gasteiger partial charge < -0.3 is 10.1 Å². The van der Waals surface area contributed by atoms with Crippen LogP contribution in [-0.2, 0) is 11.3 Å². The zero-order chi connectivity index (χ0) is 18.5. The second-order valence-corrected chi connectivity index (χ2v) is 5.46. The molecule has 26 heavy (non-hydrogen) atoms. The summed E-state index contributed by atoms with van der Waals surface area (Å²) >= 11 is 0. The highest BCUT2D eigenvalue weighted by molar-refractivity contribution is 5.95. The molecule has 0 radical (unpaired) electrons. The predicted octanol–water partition coefficient (Wildman–Crippen LogP) is 3.18. The third kappa shape index (κ3) is 3.69. The molecule has 3 rings (SSSR count). The third-order valence-electron chi connectivity index (χ3n) is 3.75. The Morgan fingerprint density at radius 2 is 2.04 bits per heavy atom. The minimum absolute atomic E-state index is 0.0949. The first kappa shape index (κ1) is 17.2. The lowest BCUT2D eigenvalue weighted by atomic mass is 10.1. The number of anilines is 1. The lowest BCUT2D eigenvalue weighted by Crippen LogP contribution is -2.07. The van der Waals surface area contributed by atoms with Gasteiger partial charge in [0.05, 0.1) is 23.9 Å². The van der Waals surface area contributed by atoms with E-state index in [-0.39, 0.29) is 11.3 Å². The summed E-state index contributed by atoms with van der Waals surface area (Å²) in [6.45, 7) is 0.450. The summed E-state index contributed by atoms with van der Waals surface area (Å²) in [7, 11) is 1.18. The van der Waals surface area contributed by atoms with Crippen molar-refractivity contribution in [1.29, 1.82) is 0 Å². The van der Waals surface area contributed by atoms with E-state index in [1.165, 1.54) is 19.2 Å². The number of benzene rings is 2. The number of carbonyl (C=O) groups is 1. The van der Waals surface area contributed by atoms with Gasteiger partial charge in [0, 0.05) is 30.1 Å². The molecule has 0 unspecified atom stereocenters. The average molecular weight is 352 g/mol. The summed E-state index contributed by atoms with van der Waals surface area (Å²) in [5.41, 5.74) is 2.05. The van der Waals surface area contributed by atoms with E-state index in [1.807, 2.05) is 36.5 Å². The maximum Gasteiger partial charge on any atom is 0.344 e. The Bertz CT molecular complexity index is 937. The standard InChI is InChI=1S/C18H16N4O4/c1-26-18(23)16-9-14(7-8-17(16)22(24)25)19-10-13-11-20-21(12-13)15-5-3-2-4-6-15/h2-9,11-12,19H,10H2,1H3. The van der Waals surface area contributed by atoms with Crippen molar-refractivity contribution in [3.05, 3.63) is 82.2 Å². The number of esters is 1. The first-order chi connectivity index (χ1) is 12.6. The van der Waals surface area contributed by atoms with E-state index < -0.39 is 10.9 Å². The molecule has 0 bridgehead atoms. The van der Waals surface area contributed by atoms with Crippen molar-refractivity contribution in [1.82, 2.24) is 9.78 Å². The van der Waals surface area contributed by atoms with E-state index >= 15 is 0 Å². The van der Waals surface area contributed by atoms with E-state index in [9.17, 15) is 14.9 Å². The number of nitro groups is 1. The maximum atomic E-state index is 11.8. The van der Waals surface area contributed by atoms with Crippen molar-refractivity contribution in [3.63, 3.8) is 0 Å². The molecular weight excluding hydrogens is 336 g/mol. The molecular formula is C18H16N4O4. The molecule has 0 aliphatic carbocycles. The molecule has 8 nitrogen and oxygen atoms in total. The highest BCUT2D eigenvalue weighted by Crippen LogP contribution is 2.24. The fraction of sp³-hybridized carbons (Fsp3) is 0.111. The molecule has 0 aliphatic rings. The molecule has 1 aromatic heterocycles. The Hall–Kier alpha value is -3.68. The van der Waals surface area contributed by atoms with Gasteiger partial charge in [-0.2, -0.15) is 5.10 Å². The second kappa shape index (κ2) is 7.47. The van der Waals surface area contributed by atoms with Crippen LogP contribution < -0.4 is 5.32 Å². The normalized spacial score (nSPS) is 10.3. The van der Waals surface area contributed by atoms with Crippen LogP contribution in [-0.4, -0.2) is 27.8 Å². The summed E-state index contributed by atoms with van der Waals surface area (Å²) in [6, 6.07) is 13.9. The molecule has 0 fully saturated rings. The molecule has 0 saturated heterocycles. The largest absolute Gasteiger partial charge is 0.465 e. The van der Waals surface area contributed by atoms with E-state index in [1.54, 1.807) is 16.9 Å². The van der Waals surface area contributed by atoms with Gasteiger partial charge in [0.15, 0.2) is 0 Å². The Balaban J connectivity index is 1.75. The summed E-state index contributed by atoms with van der Waals surface area (Å²) in [5.74, 6) is -0.753. The Morgan fingerprint density at radius 3 is 2.73 bits per heavy atom. The summed E-state index contributed by atoms with van der Waals surface area (Å²) < 4.78 is 6.37. The number of nitrogens with one attached hydrogen (secondary N) is 1. The number of para-hydroxylation sites is 1. The molecule has 1 heterocycles. The lowest BCUT2D eigenvalue weighted by molar-refractivity contribution is -0.385. The van der Waals surface area contributed by atoms with Gasteiger partial charge in [-0.15, -0.1) is 0 Å². The van der Waals surface area contributed by atoms with Gasteiger partial charge in [-0.05, 0) is 24.3 Å². The minimum Gasteiger partial charge on any atom is -0.465 e. The van der Waals surface area contributed by atoms with Crippen LogP contribution in [0.2, 0.25) is 0 Å². The van der Waals surface area contributed by atoms with Crippen molar-refractivity contribution >= 4 is 17.3 Å².